The molecule has 15 heavy (non-hydrogen) atoms. The van der Waals surface area contributed by atoms with Gasteiger partial charge in [0.2, 0.25) is 5.91 Å². The molecule has 0 aromatic carbocycles. The van der Waals surface area contributed by atoms with Gasteiger partial charge in [-0.05, 0) is 38.8 Å². The van der Waals surface area contributed by atoms with Crippen LogP contribution in [0.4, 0.5) is 0 Å². The average molecular weight is 211 g/mol. The molecule has 4 heteroatoms. The van der Waals surface area contributed by atoms with Gasteiger partial charge in [0.15, 0.2) is 0 Å². The van der Waals surface area contributed by atoms with Crippen molar-refractivity contribution in [2.75, 3.05) is 26.7 Å². The molecule has 86 valence electrons. The van der Waals surface area contributed by atoms with Gasteiger partial charge in [0, 0.05) is 26.1 Å². The largest absolute Gasteiger partial charge is 0.316 e. The van der Waals surface area contributed by atoms with Gasteiger partial charge < -0.3 is 5.32 Å². The van der Waals surface area contributed by atoms with Gasteiger partial charge in [-0.3, -0.25) is 9.80 Å². The number of nitrogens with one attached hydrogen (secondary N) is 1. The Balaban J connectivity index is 1.90. The SMILES string of the molecule is CC1CC(=O)N(CC2CCCNC2)N1C. The van der Waals surface area contributed by atoms with Crippen LogP contribution in [0.25, 0.3) is 0 Å². The van der Waals surface area contributed by atoms with E-state index in [2.05, 4.69) is 17.2 Å². The van der Waals surface area contributed by atoms with E-state index in [1.165, 1.54) is 12.8 Å². The van der Waals surface area contributed by atoms with E-state index < -0.39 is 0 Å². The highest BCUT2D eigenvalue weighted by Gasteiger charge is 2.33. The van der Waals surface area contributed by atoms with Gasteiger partial charge in [-0.15, -0.1) is 0 Å². The molecule has 1 amide bonds. The van der Waals surface area contributed by atoms with Gasteiger partial charge in [0.1, 0.15) is 0 Å². The van der Waals surface area contributed by atoms with Gasteiger partial charge in [0.05, 0.1) is 0 Å². The molecule has 0 spiro atoms. The third-order valence-corrected chi connectivity index (χ3v) is 3.61. The molecule has 2 heterocycles. The van der Waals surface area contributed by atoms with Crippen LogP contribution in [0.2, 0.25) is 0 Å². The predicted molar refractivity (Wildman–Crippen MR) is 59.1 cm³/mol. The third-order valence-electron chi connectivity index (χ3n) is 3.61. The lowest BCUT2D eigenvalue weighted by Crippen LogP contribution is -2.45. The van der Waals surface area contributed by atoms with Crippen molar-refractivity contribution >= 4 is 5.91 Å². The minimum atomic E-state index is 0.288. The van der Waals surface area contributed by atoms with Gasteiger partial charge in [-0.1, -0.05) is 0 Å². The zero-order valence-electron chi connectivity index (χ0n) is 9.70. The number of carbonyl (C=O) groups is 1. The minimum Gasteiger partial charge on any atom is -0.316 e. The lowest BCUT2D eigenvalue weighted by atomic mass is 9.99. The van der Waals surface area contributed by atoms with Gasteiger partial charge in [-0.2, -0.15) is 0 Å². The molecule has 1 N–H and O–H groups in total. The molecule has 0 saturated carbocycles. The quantitative estimate of drug-likeness (QED) is 0.720. The lowest BCUT2D eigenvalue weighted by Gasteiger charge is -2.32. The highest BCUT2D eigenvalue weighted by atomic mass is 16.2. The fraction of sp³-hybridized carbons (Fsp3) is 0.909. The van der Waals surface area contributed by atoms with Gasteiger partial charge in [-0.25, -0.2) is 5.01 Å². The van der Waals surface area contributed by atoms with Crippen molar-refractivity contribution in [2.45, 2.75) is 32.2 Å². The van der Waals surface area contributed by atoms with Gasteiger partial charge in [0.25, 0.3) is 0 Å². The summed E-state index contributed by atoms with van der Waals surface area (Å²) >= 11 is 0. The van der Waals surface area contributed by atoms with E-state index in [4.69, 9.17) is 0 Å². The van der Waals surface area contributed by atoms with Crippen molar-refractivity contribution in [3.63, 3.8) is 0 Å². The molecule has 2 fully saturated rings. The molecule has 0 aromatic rings. The van der Waals surface area contributed by atoms with Crippen molar-refractivity contribution in [2.24, 2.45) is 5.92 Å². The second-order valence-electron chi connectivity index (χ2n) is 4.82. The standard InChI is InChI=1S/C11H21N3O/c1-9-6-11(15)14(13(9)2)8-10-4-3-5-12-7-10/h9-10,12H,3-8H2,1-2H3. The number of piperidine rings is 1. The second kappa shape index (κ2) is 4.49. The summed E-state index contributed by atoms with van der Waals surface area (Å²) in [6.45, 7) is 5.20. The minimum absolute atomic E-state index is 0.288. The highest BCUT2D eigenvalue weighted by molar-refractivity contribution is 5.78. The molecular weight excluding hydrogens is 190 g/mol. The maximum Gasteiger partial charge on any atom is 0.238 e. The number of nitrogens with zero attached hydrogens (tertiary/aromatic N) is 2. The Kier molecular flexibility index (Phi) is 3.26. The summed E-state index contributed by atoms with van der Waals surface area (Å²) in [6, 6.07) is 0.369. The van der Waals surface area contributed by atoms with Crippen LogP contribution in [0.15, 0.2) is 0 Å². The Hall–Kier alpha value is -0.610. The molecule has 2 aliphatic rings. The summed E-state index contributed by atoms with van der Waals surface area (Å²) in [6.07, 6.45) is 3.17. The number of hydrogen-bond donors (Lipinski definition) is 1. The molecule has 4 nitrogen and oxygen atoms in total. The molecule has 0 radical (unpaired) electrons. The monoisotopic (exact) mass is 211 g/mol. The topological polar surface area (TPSA) is 35.6 Å². The van der Waals surface area contributed by atoms with E-state index in [1.54, 1.807) is 0 Å². The van der Waals surface area contributed by atoms with Gasteiger partial charge >= 0.3 is 0 Å². The maximum atomic E-state index is 11.7. The van der Waals surface area contributed by atoms with Crippen LogP contribution in [0.3, 0.4) is 0 Å². The smallest absolute Gasteiger partial charge is 0.238 e. The fourth-order valence-electron chi connectivity index (χ4n) is 2.46. The molecular formula is C11H21N3O. The van der Waals surface area contributed by atoms with Crippen LogP contribution < -0.4 is 5.32 Å². The Morgan fingerprint density at radius 3 is 2.87 bits per heavy atom. The van der Waals surface area contributed by atoms with Crippen LogP contribution in [-0.4, -0.2) is 48.6 Å². The zero-order valence-corrected chi connectivity index (χ0v) is 9.70. The first-order chi connectivity index (χ1) is 7.18. The lowest BCUT2D eigenvalue weighted by molar-refractivity contribution is -0.138. The number of hydrazine groups is 1. The molecule has 2 saturated heterocycles. The number of rotatable bonds is 2. The first-order valence-corrected chi connectivity index (χ1v) is 5.92. The number of carbonyl (C=O) groups excluding carboxylic acids is 1. The van der Waals surface area contributed by atoms with E-state index in [0.29, 0.717) is 18.4 Å². The van der Waals surface area contributed by atoms with Crippen molar-refractivity contribution in [3.05, 3.63) is 0 Å². The summed E-state index contributed by atoms with van der Waals surface area (Å²) in [5.41, 5.74) is 0. The third kappa shape index (κ3) is 2.32. The van der Waals surface area contributed by atoms with Crippen LogP contribution in [-0.2, 0) is 4.79 Å². The second-order valence-corrected chi connectivity index (χ2v) is 4.82. The molecule has 2 atom stereocenters. The highest BCUT2D eigenvalue weighted by Crippen LogP contribution is 2.20. The average Bonchev–Trinajstić information content (AvgIpc) is 2.47. The molecule has 0 aliphatic carbocycles. The summed E-state index contributed by atoms with van der Waals surface area (Å²) in [5.74, 6) is 0.922. The van der Waals surface area contributed by atoms with E-state index >= 15 is 0 Å². The first kappa shape index (κ1) is 10.9. The van der Waals surface area contributed by atoms with Crippen molar-refractivity contribution in [3.8, 4) is 0 Å². The number of amides is 1. The first-order valence-electron chi connectivity index (χ1n) is 5.92. The van der Waals surface area contributed by atoms with Crippen LogP contribution in [0, 0.1) is 5.92 Å². The molecule has 2 aliphatic heterocycles. The molecule has 2 rings (SSSR count). The predicted octanol–water partition coefficient (Wildman–Crippen LogP) is 0.454. The maximum absolute atomic E-state index is 11.7. The number of hydrogen-bond acceptors (Lipinski definition) is 3. The summed E-state index contributed by atoms with van der Waals surface area (Å²) in [4.78, 5) is 11.7. The Labute approximate surface area is 91.6 Å². The van der Waals surface area contributed by atoms with Crippen LogP contribution in [0.1, 0.15) is 26.2 Å². The van der Waals surface area contributed by atoms with Crippen molar-refractivity contribution in [1.29, 1.82) is 0 Å². The fourth-order valence-corrected chi connectivity index (χ4v) is 2.46. The van der Waals surface area contributed by atoms with E-state index in [0.717, 1.165) is 19.6 Å². The van der Waals surface area contributed by atoms with E-state index in [1.807, 2.05) is 12.1 Å². The summed E-state index contributed by atoms with van der Waals surface area (Å²) < 4.78 is 0. The van der Waals surface area contributed by atoms with E-state index in [9.17, 15) is 4.79 Å². The summed E-state index contributed by atoms with van der Waals surface area (Å²) in [7, 11) is 2.02. The Bertz CT molecular complexity index is 238. The molecule has 0 aromatic heterocycles. The molecule has 0 bridgehead atoms. The Morgan fingerprint density at radius 1 is 1.53 bits per heavy atom. The van der Waals surface area contributed by atoms with Crippen molar-refractivity contribution in [1.82, 2.24) is 15.3 Å². The zero-order chi connectivity index (χ0) is 10.8. The summed E-state index contributed by atoms with van der Waals surface area (Å²) in [5, 5.41) is 7.42. The van der Waals surface area contributed by atoms with Crippen LogP contribution >= 0.6 is 0 Å². The normalized spacial score (nSPS) is 33.7. The van der Waals surface area contributed by atoms with Crippen LogP contribution in [0.5, 0.6) is 0 Å². The van der Waals surface area contributed by atoms with E-state index in [-0.39, 0.29) is 5.91 Å². The van der Waals surface area contributed by atoms with Crippen molar-refractivity contribution < 1.29 is 4.79 Å². The molecule has 2 unspecified atom stereocenters. The Morgan fingerprint density at radius 2 is 2.33 bits per heavy atom.